The second-order valence-corrected chi connectivity index (χ2v) is 10.2. The Morgan fingerprint density at radius 1 is 1.05 bits per heavy atom. The van der Waals surface area contributed by atoms with Crippen LogP contribution < -0.4 is 10.6 Å². The smallest absolute Gasteiger partial charge is 0.328 e. The number of amides is 3. The largest absolute Gasteiger partial charge is 0.480 e. The van der Waals surface area contributed by atoms with Gasteiger partial charge in [0, 0.05) is 30.8 Å². The maximum Gasteiger partial charge on any atom is 0.328 e. The number of aryl methyl sites for hydroxylation is 2. The predicted molar refractivity (Wildman–Crippen MR) is 141 cm³/mol. The van der Waals surface area contributed by atoms with Gasteiger partial charge in [-0.3, -0.25) is 14.4 Å². The van der Waals surface area contributed by atoms with Crippen LogP contribution in [0.4, 0.5) is 0 Å². The SMILES string of the molecule is Cc1ccc(C(=O)N2CCc3c(cc(C)c(C(=O)NC(CNC(=O)c4cccs4)C(=O)O)c3C)C2)cc1. The van der Waals surface area contributed by atoms with Crippen molar-refractivity contribution in [3.8, 4) is 0 Å². The number of rotatable bonds is 7. The molecule has 37 heavy (non-hydrogen) atoms. The van der Waals surface area contributed by atoms with Crippen molar-refractivity contribution < 1.29 is 24.3 Å². The molecule has 1 aliphatic rings. The van der Waals surface area contributed by atoms with Gasteiger partial charge >= 0.3 is 5.97 Å². The third-order valence-electron chi connectivity index (χ3n) is 6.62. The van der Waals surface area contributed by atoms with Gasteiger partial charge in [-0.05, 0) is 73.0 Å². The molecule has 0 aliphatic carbocycles. The lowest BCUT2D eigenvalue weighted by Gasteiger charge is -2.31. The number of benzene rings is 2. The first-order valence-electron chi connectivity index (χ1n) is 12.0. The Bertz CT molecular complexity index is 1350. The molecular weight excluding hydrogens is 490 g/mol. The van der Waals surface area contributed by atoms with Crippen LogP contribution in [0.25, 0.3) is 0 Å². The monoisotopic (exact) mass is 519 g/mol. The van der Waals surface area contributed by atoms with Gasteiger partial charge in [0.2, 0.25) is 0 Å². The molecule has 0 saturated heterocycles. The molecule has 192 valence electrons. The molecule has 0 bridgehead atoms. The topological polar surface area (TPSA) is 116 Å². The number of aliphatic carboxylic acids is 1. The predicted octanol–water partition coefficient (Wildman–Crippen LogP) is 3.48. The van der Waals surface area contributed by atoms with Crippen LogP contribution in [-0.4, -0.2) is 52.8 Å². The van der Waals surface area contributed by atoms with Gasteiger partial charge in [-0.2, -0.15) is 0 Å². The van der Waals surface area contributed by atoms with Crippen LogP contribution in [0.3, 0.4) is 0 Å². The molecule has 1 aromatic heterocycles. The average molecular weight is 520 g/mol. The summed E-state index contributed by atoms with van der Waals surface area (Å²) in [4.78, 5) is 52.5. The van der Waals surface area contributed by atoms with Gasteiger partial charge < -0.3 is 20.6 Å². The molecule has 4 rings (SSSR count). The van der Waals surface area contributed by atoms with Crippen LogP contribution in [0.1, 0.15) is 58.2 Å². The molecule has 3 amide bonds. The maximum atomic E-state index is 13.2. The van der Waals surface area contributed by atoms with Crippen molar-refractivity contribution in [1.82, 2.24) is 15.5 Å². The maximum absolute atomic E-state index is 13.2. The molecule has 0 saturated carbocycles. The Labute approximate surface area is 219 Å². The van der Waals surface area contributed by atoms with E-state index in [4.69, 9.17) is 0 Å². The lowest BCUT2D eigenvalue weighted by Crippen LogP contribution is -2.48. The van der Waals surface area contributed by atoms with E-state index in [0.717, 1.165) is 22.3 Å². The minimum Gasteiger partial charge on any atom is -0.480 e. The van der Waals surface area contributed by atoms with Gasteiger partial charge in [0.25, 0.3) is 17.7 Å². The molecule has 1 aliphatic heterocycles. The summed E-state index contributed by atoms with van der Waals surface area (Å²) in [5.74, 6) is -2.16. The highest BCUT2D eigenvalue weighted by Crippen LogP contribution is 2.28. The zero-order valence-corrected chi connectivity index (χ0v) is 21.8. The molecule has 1 unspecified atom stereocenters. The van der Waals surface area contributed by atoms with Gasteiger partial charge in [0.1, 0.15) is 6.04 Å². The van der Waals surface area contributed by atoms with Crippen molar-refractivity contribution in [2.24, 2.45) is 0 Å². The Balaban J connectivity index is 1.48. The second kappa shape index (κ2) is 11.0. The van der Waals surface area contributed by atoms with Crippen LogP contribution in [0.15, 0.2) is 47.8 Å². The van der Waals surface area contributed by atoms with E-state index < -0.39 is 17.9 Å². The number of hydrogen-bond acceptors (Lipinski definition) is 5. The van der Waals surface area contributed by atoms with Crippen LogP contribution in [-0.2, 0) is 17.8 Å². The molecule has 3 N–H and O–H groups in total. The van der Waals surface area contributed by atoms with Crippen molar-refractivity contribution in [3.63, 3.8) is 0 Å². The number of thiophene rings is 1. The Morgan fingerprint density at radius 2 is 1.78 bits per heavy atom. The van der Waals surface area contributed by atoms with E-state index in [1.165, 1.54) is 11.3 Å². The number of carbonyl (C=O) groups excluding carboxylic acids is 3. The number of carbonyl (C=O) groups is 4. The van der Waals surface area contributed by atoms with Crippen LogP contribution >= 0.6 is 11.3 Å². The lowest BCUT2D eigenvalue weighted by molar-refractivity contribution is -0.139. The number of carboxylic acid groups (broad SMARTS) is 1. The van der Waals surface area contributed by atoms with E-state index in [2.05, 4.69) is 10.6 Å². The van der Waals surface area contributed by atoms with Gasteiger partial charge in [-0.25, -0.2) is 4.79 Å². The number of carboxylic acids is 1. The standard InChI is InChI=1S/C28H29N3O5S/c1-16-6-8-19(9-7-16)27(34)31-11-10-21-18(3)24(17(2)13-20(21)15-31)26(33)30-22(28(35)36)14-29-25(32)23-5-4-12-37-23/h4-9,12-13,22H,10-11,14-15H2,1-3H3,(H,29,32)(H,30,33)(H,35,36). The molecule has 0 fully saturated rings. The van der Waals surface area contributed by atoms with Crippen molar-refractivity contribution in [2.75, 3.05) is 13.1 Å². The fourth-order valence-corrected chi connectivity index (χ4v) is 5.29. The number of fused-ring (bicyclic) bond motifs is 1. The average Bonchev–Trinajstić information content (AvgIpc) is 3.41. The van der Waals surface area contributed by atoms with E-state index in [9.17, 15) is 24.3 Å². The second-order valence-electron chi connectivity index (χ2n) is 9.23. The molecule has 2 heterocycles. The summed E-state index contributed by atoms with van der Waals surface area (Å²) in [6.07, 6.45) is 0.596. The first-order valence-corrected chi connectivity index (χ1v) is 12.9. The van der Waals surface area contributed by atoms with E-state index >= 15 is 0 Å². The highest BCUT2D eigenvalue weighted by molar-refractivity contribution is 7.12. The Kier molecular flexibility index (Phi) is 7.73. The number of nitrogens with one attached hydrogen (secondary N) is 2. The van der Waals surface area contributed by atoms with E-state index in [-0.39, 0.29) is 18.4 Å². The molecular formula is C28H29N3O5S. The van der Waals surface area contributed by atoms with E-state index in [0.29, 0.717) is 41.1 Å². The van der Waals surface area contributed by atoms with Gasteiger partial charge in [-0.1, -0.05) is 29.8 Å². The Hall–Kier alpha value is -3.98. The van der Waals surface area contributed by atoms with Crippen molar-refractivity contribution in [3.05, 3.63) is 91.7 Å². The molecule has 0 spiro atoms. The zero-order chi connectivity index (χ0) is 26.7. The van der Waals surface area contributed by atoms with Crippen molar-refractivity contribution in [1.29, 1.82) is 0 Å². The summed E-state index contributed by atoms with van der Waals surface area (Å²) >= 11 is 1.25. The third kappa shape index (κ3) is 5.72. The summed E-state index contributed by atoms with van der Waals surface area (Å²) in [5, 5.41) is 16.5. The zero-order valence-electron chi connectivity index (χ0n) is 21.0. The quantitative estimate of drug-likeness (QED) is 0.442. The number of nitrogens with zero attached hydrogens (tertiary/aromatic N) is 1. The lowest BCUT2D eigenvalue weighted by atomic mass is 9.88. The summed E-state index contributed by atoms with van der Waals surface area (Å²) in [5.41, 5.74) is 5.62. The number of hydrogen-bond donors (Lipinski definition) is 3. The molecule has 9 heteroatoms. The Morgan fingerprint density at radius 3 is 2.43 bits per heavy atom. The fourth-order valence-electron chi connectivity index (χ4n) is 4.65. The van der Waals surface area contributed by atoms with Gasteiger partial charge in [0.05, 0.1) is 4.88 Å². The highest BCUT2D eigenvalue weighted by atomic mass is 32.1. The fraction of sp³-hybridized carbons (Fsp3) is 0.286. The van der Waals surface area contributed by atoms with Gasteiger partial charge in [0.15, 0.2) is 0 Å². The minimum absolute atomic E-state index is 0.0309. The summed E-state index contributed by atoms with van der Waals surface area (Å²) in [6.45, 7) is 6.36. The first-order chi connectivity index (χ1) is 17.7. The molecule has 2 aromatic carbocycles. The normalized spacial score (nSPS) is 13.4. The van der Waals surface area contributed by atoms with Crippen molar-refractivity contribution in [2.45, 2.75) is 39.8 Å². The van der Waals surface area contributed by atoms with E-state index in [1.54, 1.807) is 24.4 Å². The van der Waals surface area contributed by atoms with Gasteiger partial charge in [-0.15, -0.1) is 11.3 Å². The summed E-state index contributed by atoms with van der Waals surface area (Å²) in [7, 11) is 0. The third-order valence-corrected chi connectivity index (χ3v) is 7.49. The molecule has 3 aromatic rings. The molecule has 8 nitrogen and oxygen atoms in total. The van der Waals surface area contributed by atoms with Crippen LogP contribution in [0.5, 0.6) is 0 Å². The van der Waals surface area contributed by atoms with Crippen molar-refractivity contribution >= 4 is 35.0 Å². The minimum atomic E-state index is -1.28. The van der Waals surface area contributed by atoms with E-state index in [1.807, 2.05) is 49.1 Å². The highest BCUT2D eigenvalue weighted by Gasteiger charge is 2.28. The summed E-state index contributed by atoms with van der Waals surface area (Å²) in [6, 6.07) is 11.5. The molecule has 1 atom stereocenters. The van der Waals surface area contributed by atoms with Crippen LogP contribution in [0, 0.1) is 20.8 Å². The first kappa shape index (κ1) is 26.1. The summed E-state index contributed by atoms with van der Waals surface area (Å²) < 4.78 is 0. The van der Waals surface area contributed by atoms with Crippen LogP contribution in [0.2, 0.25) is 0 Å². The molecule has 0 radical (unpaired) electrons.